The van der Waals surface area contributed by atoms with Crippen LogP contribution < -0.4 is 5.32 Å². The fraction of sp³-hybridized carbons (Fsp3) is 0.444. The molecule has 2 fully saturated rings. The number of hydrogen-bond acceptors (Lipinski definition) is 4. The fourth-order valence-corrected chi connectivity index (χ4v) is 6.20. The van der Waals surface area contributed by atoms with Crippen LogP contribution in [0.1, 0.15) is 48.2 Å². The Morgan fingerprint density at radius 2 is 1.97 bits per heavy atom. The van der Waals surface area contributed by atoms with Crippen molar-refractivity contribution in [3.63, 3.8) is 0 Å². The largest absolute Gasteiger partial charge is 0.334 e. The van der Waals surface area contributed by atoms with E-state index >= 15 is 0 Å². The monoisotopic (exact) mass is 492 g/mol. The van der Waals surface area contributed by atoms with E-state index in [1.54, 1.807) is 6.20 Å². The number of benzene rings is 1. The first-order valence-electron chi connectivity index (χ1n) is 12.7. The molecule has 3 atom stereocenters. The molecular weight excluding hydrogens is 462 g/mol. The Balaban J connectivity index is 1.16. The van der Waals surface area contributed by atoms with Crippen LogP contribution in [-0.4, -0.2) is 55.7 Å². The Morgan fingerprint density at radius 3 is 2.78 bits per heavy atom. The van der Waals surface area contributed by atoms with Crippen LogP contribution in [0.5, 0.6) is 0 Å². The molecule has 2 N–H and O–H groups in total. The van der Waals surface area contributed by atoms with Gasteiger partial charge in [0.1, 0.15) is 11.6 Å². The van der Waals surface area contributed by atoms with E-state index in [-0.39, 0.29) is 30.2 Å². The van der Waals surface area contributed by atoms with Gasteiger partial charge in [0.05, 0.1) is 12.2 Å². The third-order valence-corrected chi connectivity index (χ3v) is 8.07. The zero-order chi connectivity index (χ0) is 24.8. The molecular formula is C27H30F2N6O. The summed E-state index contributed by atoms with van der Waals surface area (Å²) in [6.07, 6.45) is 6.19. The molecule has 5 heterocycles. The minimum atomic E-state index is -0.509. The van der Waals surface area contributed by atoms with Crippen LogP contribution >= 0.6 is 0 Å². The average molecular weight is 493 g/mol. The zero-order valence-electron chi connectivity index (χ0n) is 20.3. The van der Waals surface area contributed by atoms with Gasteiger partial charge in [-0.25, -0.2) is 13.6 Å². The van der Waals surface area contributed by atoms with Crippen molar-refractivity contribution < 1.29 is 13.6 Å². The van der Waals surface area contributed by atoms with Crippen molar-refractivity contribution in [1.82, 2.24) is 30.3 Å². The number of aromatic amines is 1. The molecule has 0 unspecified atom stereocenters. The van der Waals surface area contributed by atoms with Crippen molar-refractivity contribution in [3.8, 4) is 11.3 Å². The molecule has 7 nitrogen and oxygen atoms in total. The number of carbonyl (C=O) groups is 1. The van der Waals surface area contributed by atoms with Crippen LogP contribution in [0, 0.1) is 18.6 Å². The van der Waals surface area contributed by atoms with Crippen molar-refractivity contribution in [1.29, 1.82) is 0 Å². The van der Waals surface area contributed by atoms with Gasteiger partial charge < -0.3 is 10.2 Å². The first-order valence-corrected chi connectivity index (χ1v) is 12.7. The summed E-state index contributed by atoms with van der Waals surface area (Å²) in [5.41, 5.74) is 5.00. The highest BCUT2D eigenvalue weighted by Crippen LogP contribution is 2.38. The second-order valence-electron chi connectivity index (χ2n) is 10.2. The molecule has 9 heteroatoms. The van der Waals surface area contributed by atoms with E-state index in [0.29, 0.717) is 25.6 Å². The summed E-state index contributed by atoms with van der Waals surface area (Å²) in [5, 5.41) is 11.0. The van der Waals surface area contributed by atoms with Crippen LogP contribution in [0.3, 0.4) is 0 Å². The lowest BCUT2D eigenvalue weighted by atomic mass is 9.96. The SMILES string of the molecule is Cc1cc(-c2n[nH]c3c2CN(C(=O)N[C@@H]2CC[C@@H]4CC[C@H]2N4Cc2c(F)cccc2F)CC3)ccn1. The van der Waals surface area contributed by atoms with Crippen molar-refractivity contribution in [2.24, 2.45) is 0 Å². The number of halogens is 2. The molecule has 188 valence electrons. The summed E-state index contributed by atoms with van der Waals surface area (Å²) in [6.45, 7) is 3.28. The molecule has 36 heavy (non-hydrogen) atoms. The van der Waals surface area contributed by atoms with Crippen molar-refractivity contribution in [2.75, 3.05) is 6.54 Å². The van der Waals surface area contributed by atoms with Gasteiger partial charge in [-0.05, 0) is 56.9 Å². The van der Waals surface area contributed by atoms with E-state index in [4.69, 9.17) is 0 Å². The number of pyridine rings is 1. The van der Waals surface area contributed by atoms with Gasteiger partial charge in [-0.2, -0.15) is 5.10 Å². The summed E-state index contributed by atoms with van der Waals surface area (Å²) in [4.78, 5) is 21.7. The van der Waals surface area contributed by atoms with Gasteiger partial charge in [-0.3, -0.25) is 15.0 Å². The Hall–Kier alpha value is -3.33. The number of carbonyl (C=O) groups excluding carboxylic acids is 1. The average Bonchev–Trinajstić information content (AvgIpc) is 3.41. The number of aryl methyl sites for hydroxylation is 1. The fourth-order valence-electron chi connectivity index (χ4n) is 6.20. The molecule has 0 spiro atoms. The second-order valence-corrected chi connectivity index (χ2v) is 10.2. The van der Waals surface area contributed by atoms with Gasteiger partial charge in [0.2, 0.25) is 0 Å². The summed E-state index contributed by atoms with van der Waals surface area (Å²) in [7, 11) is 0. The number of piperidine rings is 1. The Kier molecular flexibility index (Phi) is 5.95. The van der Waals surface area contributed by atoms with Crippen LogP contribution in [0.15, 0.2) is 36.5 Å². The number of nitrogens with one attached hydrogen (secondary N) is 2. The van der Waals surface area contributed by atoms with Gasteiger partial charge in [0, 0.05) is 71.9 Å². The van der Waals surface area contributed by atoms with E-state index in [0.717, 1.165) is 53.9 Å². The predicted octanol–water partition coefficient (Wildman–Crippen LogP) is 4.32. The molecule has 3 aromatic rings. The number of hydrogen-bond donors (Lipinski definition) is 2. The molecule has 0 aliphatic carbocycles. The minimum absolute atomic E-state index is 0.0425. The first kappa shape index (κ1) is 23.1. The predicted molar refractivity (Wildman–Crippen MR) is 131 cm³/mol. The standard InChI is InChI=1S/C27H30F2N6O/c1-16-13-17(9-11-30-16)26-20-14-34(12-10-23(20)32-33-26)27(36)31-24-7-5-18-6-8-25(24)35(18)15-19-21(28)3-2-4-22(19)29/h2-4,9,11,13,18,24-25H,5-8,10,12,14-15H2,1H3,(H,31,36)(H,32,33)/t18-,24-,25-/m1/s1. The second kappa shape index (κ2) is 9.28. The van der Waals surface area contributed by atoms with Crippen LogP contribution in [0.25, 0.3) is 11.3 Å². The zero-order valence-corrected chi connectivity index (χ0v) is 20.3. The maximum absolute atomic E-state index is 14.3. The lowest BCUT2D eigenvalue weighted by Crippen LogP contribution is -2.56. The molecule has 3 aliphatic heterocycles. The van der Waals surface area contributed by atoms with E-state index in [2.05, 4.69) is 25.4 Å². The van der Waals surface area contributed by atoms with Crippen molar-refractivity contribution in [3.05, 3.63) is 70.7 Å². The van der Waals surface area contributed by atoms with Gasteiger partial charge in [0.15, 0.2) is 0 Å². The van der Waals surface area contributed by atoms with E-state index in [1.807, 2.05) is 24.0 Å². The summed E-state index contributed by atoms with van der Waals surface area (Å²) >= 11 is 0. The summed E-state index contributed by atoms with van der Waals surface area (Å²) in [5.74, 6) is -1.02. The molecule has 0 saturated carbocycles. The van der Waals surface area contributed by atoms with E-state index in [1.165, 1.54) is 18.2 Å². The summed E-state index contributed by atoms with van der Waals surface area (Å²) in [6, 6.07) is 8.21. The number of aromatic nitrogens is 3. The van der Waals surface area contributed by atoms with Crippen molar-refractivity contribution >= 4 is 6.03 Å². The quantitative estimate of drug-likeness (QED) is 0.569. The normalized spacial score (nSPS) is 23.5. The molecule has 2 amide bonds. The molecule has 6 rings (SSSR count). The molecule has 2 saturated heterocycles. The van der Waals surface area contributed by atoms with Crippen LogP contribution in [-0.2, 0) is 19.5 Å². The molecule has 1 aromatic carbocycles. The van der Waals surface area contributed by atoms with Gasteiger partial charge in [-0.1, -0.05) is 6.07 Å². The summed E-state index contributed by atoms with van der Waals surface area (Å²) < 4.78 is 28.7. The minimum Gasteiger partial charge on any atom is -0.334 e. The highest BCUT2D eigenvalue weighted by molar-refractivity contribution is 5.76. The molecule has 3 aliphatic rings. The number of amides is 2. The number of urea groups is 1. The highest BCUT2D eigenvalue weighted by atomic mass is 19.1. The Bertz CT molecular complexity index is 1270. The van der Waals surface area contributed by atoms with Gasteiger partial charge in [0.25, 0.3) is 0 Å². The molecule has 0 radical (unpaired) electrons. The highest BCUT2D eigenvalue weighted by Gasteiger charge is 2.43. The maximum Gasteiger partial charge on any atom is 0.317 e. The van der Waals surface area contributed by atoms with Gasteiger partial charge in [-0.15, -0.1) is 0 Å². The third kappa shape index (κ3) is 4.15. The molecule has 2 aromatic heterocycles. The number of rotatable bonds is 4. The number of H-pyrrole nitrogens is 1. The Morgan fingerprint density at radius 1 is 1.17 bits per heavy atom. The lowest BCUT2D eigenvalue weighted by molar-refractivity contribution is 0.0962. The topological polar surface area (TPSA) is 77.2 Å². The maximum atomic E-state index is 14.3. The smallest absolute Gasteiger partial charge is 0.317 e. The van der Waals surface area contributed by atoms with E-state index in [9.17, 15) is 13.6 Å². The molecule has 2 bridgehead atoms. The number of fused-ring (bicyclic) bond motifs is 3. The lowest BCUT2D eigenvalue weighted by Gasteiger charge is -2.41. The Labute approximate surface area is 208 Å². The van der Waals surface area contributed by atoms with Crippen molar-refractivity contribution in [2.45, 2.75) is 70.2 Å². The van der Waals surface area contributed by atoms with Crippen LogP contribution in [0.4, 0.5) is 13.6 Å². The first-order chi connectivity index (χ1) is 17.5. The third-order valence-electron chi connectivity index (χ3n) is 8.07. The van der Waals surface area contributed by atoms with Gasteiger partial charge >= 0.3 is 6.03 Å². The van der Waals surface area contributed by atoms with E-state index < -0.39 is 11.6 Å². The number of nitrogens with zero attached hydrogens (tertiary/aromatic N) is 4. The van der Waals surface area contributed by atoms with Crippen LogP contribution in [0.2, 0.25) is 0 Å².